The van der Waals surface area contributed by atoms with Gasteiger partial charge in [0.05, 0.1) is 24.4 Å². The van der Waals surface area contributed by atoms with Gasteiger partial charge in [-0.3, -0.25) is 9.79 Å². The minimum Gasteiger partial charge on any atom is -0.361 e. The van der Waals surface area contributed by atoms with Crippen molar-refractivity contribution in [1.29, 1.82) is 0 Å². The van der Waals surface area contributed by atoms with Gasteiger partial charge in [-0.15, -0.1) is 0 Å². The van der Waals surface area contributed by atoms with E-state index in [1.807, 2.05) is 38.1 Å². The molecule has 0 aliphatic carbocycles. The molecule has 2 aliphatic heterocycles. The number of nitrogens with zero attached hydrogens (tertiary/aromatic N) is 3. The van der Waals surface area contributed by atoms with Crippen molar-refractivity contribution < 1.29 is 9.32 Å². The highest BCUT2D eigenvalue weighted by molar-refractivity contribution is 8.16. The molecule has 3 heterocycles. The number of thioether (sulfide) groups is 1. The Bertz CT molecular complexity index is 863. The van der Waals surface area contributed by atoms with Crippen molar-refractivity contribution in [3.05, 3.63) is 52.3 Å². The molecule has 7 heteroatoms. The summed E-state index contributed by atoms with van der Waals surface area (Å²) in [4.78, 5) is 19.0. The van der Waals surface area contributed by atoms with Gasteiger partial charge in [0.2, 0.25) is 5.91 Å². The van der Waals surface area contributed by atoms with E-state index >= 15 is 0 Å². The molecule has 0 saturated heterocycles. The van der Waals surface area contributed by atoms with E-state index < -0.39 is 0 Å². The van der Waals surface area contributed by atoms with Gasteiger partial charge >= 0.3 is 0 Å². The van der Waals surface area contributed by atoms with Crippen LogP contribution in [0.4, 0.5) is 5.69 Å². The van der Waals surface area contributed by atoms with Gasteiger partial charge in [-0.2, -0.15) is 0 Å². The molecule has 2 aromatic rings. The Balaban J connectivity index is 1.42. The Kier molecular flexibility index (Phi) is 4.09. The number of aryl methyl sites for hydroxylation is 2. The van der Waals surface area contributed by atoms with Crippen LogP contribution in [0.1, 0.15) is 22.6 Å². The number of anilines is 1. The van der Waals surface area contributed by atoms with Gasteiger partial charge in [-0.05, 0) is 31.5 Å². The summed E-state index contributed by atoms with van der Waals surface area (Å²) < 4.78 is 5.10. The van der Waals surface area contributed by atoms with Crippen LogP contribution < -0.4 is 5.32 Å². The fraction of sp³-hybridized carbons (Fsp3) is 0.278. The lowest BCUT2D eigenvalue weighted by molar-refractivity contribution is -0.115. The van der Waals surface area contributed by atoms with Gasteiger partial charge in [0.1, 0.15) is 5.76 Å². The van der Waals surface area contributed by atoms with Gasteiger partial charge in [0, 0.05) is 23.2 Å². The summed E-state index contributed by atoms with van der Waals surface area (Å²) in [6, 6.07) is 7.91. The SMILES string of the molecule is Cc1noc(C)c1CC(=O)Nc1ccc(C2=CSC3=NCCN23)cc1. The van der Waals surface area contributed by atoms with Crippen molar-refractivity contribution in [1.82, 2.24) is 10.1 Å². The number of rotatable bonds is 4. The summed E-state index contributed by atoms with van der Waals surface area (Å²) in [5.41, 5.74) is 4.69. The molecule has 0 radical (unpaired) electrons. The number of amides is 1. The molecule has 128 valence electrons. The minimum atomic E-state index is -0.0771. The van der Waals surface area contributed by atoms with Gasteiger partial charge < -0.3 is 14.7 Å². The molecular weight excluding hydrogens is 336 g/mol. The maximum Gasteiger partial charge on any atom is 0.228 e. The molecule has 2 aliphatic rings. The molecule has 0 fully saturated rings. The molecule has 1 aromatic carbocycles. The van der Waals surface area contributed by atoms with Crippen LogP contribution in [0.5, 0.6) is 0 Å². The fourth-order valence-electron chi connectivity index (χ4n) is 2.99. The first-order valence-corrected chi connectivity index (χ1v) is 9.00. The fourth-order valence-corrected chi connectivity index (χ4v) is 3.95. The van der Waals surface area contributed by atoms with E-state index in [9.17, 15) is 4.79 Å². The Morgan fingerprint density at radius 1 is 1.32 bits per heavy atom. The summed E-state index contributed by atoms with van der Waals surface area (Å²) in [6.07, 6.45) is 0.262. The molecule has 0 spiro atoms. The zero-order chi connectivity index (χ0) is 17.4. The summed E-state index contributed by atoms with van der Waals surface area (Å²) in [6.45, 7) is 5.46. The van der Waals surface area contributed by atoms with Crippen molar-refractivity contribution in [2.75, 3.05) is 18.4 Å². The number of fused-ring (bicyclic) bond motifs is 1. The van der Waals surface area contributed by atoms with Gasteiger partial charge in [0.15, 0.2) is 5.17 Å². The lowest BCUT2D eigenvalue weighted by Crippen LogP contribution is -2.20. The zero-order valence-electron chi connectivity index (χ0n) is 14.1. The summed E-state index contributed by atoms with van der Waals surface area (Å²) in [5.74, 6) is 0.614. The van der Waals surface area contributed by atoms with E-state index in [0.717, 1.165) is 40.8 Å². The number of hydrogen-bond donors (Lipinski definition) is 1. The van der Waals surface area contributed by atoms with Crippen LogP contribution in [0.15, 0.2) is 39.2 Å². The van der Waals surface area contributed by atoms with Crippen LogP contribution in [0.2, 0.25) is 0 Å². The number of benzene rings is 1. The standard InChI is InChI=1S/C18H18N4O2S/c1-11-15(12(2)24-21-11)9-17(23)20-14-5-3-13(4-6-14)16-10-25-18-19-7-8-22(16)18/h3-6,10H,7-9H2,1-2H3,(H,20,23). The average Bonchev–Trinajstić information content (AvgIpc) is 3.28. The van der Waals surface area contributed by atoms with Crippen LogP contribution >= 0.6 is 11.8 Å². The third-order valence-corrected chi connectivity index (χ3v) is 5.25. The molecule has 6 nitrogen and oxygen atoms in total. The van der Waals surface area contributed by atoms with E-state index in [2.05, 4.69) is 25.8 Å². The highest BCUT2D eigenvalue weighted by Gasteiger charge is 2.26. The highest BCUT2D eigenvalue weighted by atomic mass is 32.2. The summed E-state index contributed by atoms with van der Waals surface area (Å²) in [5, 5.41) is 10.0. The molecule has 1 aromatic heterocycles. The first kappa shape index (κ1) is 16.0. The maximum atomic E-state index is 12.3. The van der Waals surface area contributed by atoms with Crippen LogP contribution in [-0.2, 0) is 11.2 Å². The lowest BCUT2D eigenvalue weighted by Gasteiger charge is -2.16. The summed E-state index contributed by atoms with van der Waals surface area (Å²) in [7, 11) is 0. The van der Waals surface area contributed by atoms with Gasteiger partial charge in [-0.1, -0.05) is 29.1 Å². The van der Waals surface area contributed by atoms with Gasteiger partial charge in [0.25, 0.3) is 0 Å². The predicted molar refractivity (Wildman–Crippen MR) is 99.3 cm³/mol. The average molecular weight is 354 g/mol. The second kappa shape index (κ2) is 6.40. The Morgan fingerprint density at radius 3 is 2.84 bits per heavy atom. The number of aromatic nitrogens is 1. The smallest absolute Gasteiger partial charge is 0.228 e. The van der Waals surface area contributed by atoms with E-state index in [4.69, 9.17) is 4.52 Å². The van der Waals surface area contributed by atoms with Gasteiger partial charge in [-0.25, -0.2) is 0 Å². The minimum absolute atomic E-state index is 0.0771. The third kappa shape index (κ3) is 3.07. The second-order valence-corrected chi connectivity index (χ2v) is 6.88. The van der Waals surface area contributed by atoms with E-state index in [1.165, 1.54) is 5.70 Å². The number of aliphatic imine (C=N–C) groups is 1. The Labute approximate surface area is 150 Å². The molecule has 0 unspecified atom stereocenters. The number of carbonyl (C=O) groups excluding carboxylic acids is 1. The number of nitrogens with one attached hydrogen (secondary N) is 1. The Morgan fingerprint density at radius 2 is 2.12 bits per heavy atom. The van der Waals surface area contributed by atoms with Crippen LogP contribution in [0.25, 0.3) is 5.70 Å². The maximum absolute atomic E-state index is 12.3. The summed E-state index contributed by atoms with van der Waals surface area (Å²) >= 11 is 1.66. The van der Waals surface area contributed by atoms with E-state index in [0.29, 0.717) is 5.76 Å². The van der Waals surface area contributed by atoms with Crippen molar-refractivity contribution >= 4 is 34.2 Å². The van der Waals surface area contributed by atoms with E-state index in [-0.39, 0.29) is 12.3 Å². The molecular formula is C18H18N4O2S. The van der Waals surface area contributed by atoms with Crippen molar-refractivity contribution in [2.45, 2.75) is 20.3 Å². The number of carbonyl (C=O) groups is 1. The molecule has 0 bridgehead atoms. The molecule has 1 amide bonds. The Hall–Kier alpha value is -2.54. The molecule has 25 heavy (non-hydrogen) atoms. The third-order valence-electron chi connectivity index (χ3n) is 4.35. The largest absolute Gasteiger partial charge is 0.361 e. The molecule has 0 saturated carbocycles. The first-order valence-electron chi connectivity index (χ1n) is 8.12. The second-order valence-electron chi connectivity index (χ2n) is 6.04. The lowest BCUT2D eigenvalue weighted by atomic mass is 10.1. The normalized spacial score (nSPS) is 15.8. The van der Waals surface area contributed by atoms with Crippen molar-refractivity contribution in [3.8, 4) is 0 Å². The van der Waals surface area contributed by atoms with Crippen molar-refractivity contribution in [3.63, 3.8) is 0 Å². The van der Waals surface area contributed by atoms with Crippen molar-refractivity contribution in [2.24, 2.45) is 4.99 Å². The molecule has 0 atom stereocenters. The molecule has 1 N–H and O–H groups in total. The van der Waals surface area contributed by atoms with E-state index in [1.54, 1.807) is 11.8 Å². The quantitative estimate of drug-likeness (QED) is 0.913. The first-order chi connectivity index (χ1) is 12.1. The van der Waals surface area contributed by atoms with Crippen LogP contribution in [-0.4, -0.2) is 34.2 Å². The number of amidine groups is 1. The van der Waals surface area contributed by atoms with Crippen LogP contribution in [0, 0.1) is 13.8 Å². The molecule has 4 rings (SSSR count). The topological polar surface area (TPSA) is 70.7 Å². The highest BCUT2D eigenvalue weighted by Crippen LogP contribution is 2.35. The predicted octanol–water partition coefficient (Wildman–Crippen LogP) is 3.19. The monoisotopic (exact) mass is 354 g/mol. The van der Waals surface area contributed by atoms with Crippen LogP contribution in [0.3, 0.4) is 0 Å². The zero-order valence-corrected chi connectivity index (χ0v) is 14.9. The number of hydrogen-bond acceptors (Lipinski definition) is 6.